The van der Waals surface area contributed by atoms with E-state index in [4.69, 9.17) is 5.26 Å². The molecular formula is C3H2INS. The fourth-order valence-corrected chi connectivity index (χ4v) is 0.609. The van der Waals surface area contributed by atoms with Gasteiger partial charge in [0.25, 0.3) is 0 Å². The Labute approximate surface area is 54.6 Å². The molecule has 0 aromatic carbocycles. The summed E-state index contributed by atoms with van der Waals surface area (Å²) in [4.78, 5) is 0. The molecule has 0 aromatic rings. The van der Waals surface area contributed by atoms with Crippen LogP contribution in [0.3, 0.4) is 0 Å². The molecule has 1 nitrogen and oxygen atoms in total. The summed E-state index contributed by atoms with van der Waals surface area (Å²) in [6.45, 7) is 0. The van der Waals surface area contributed by atoms with Crippen molar-refractivity contribution in [2.45, 2.75) is 0 Å². The molecule has 0 unspecified atom stereocenters. The van der Waals surface area contributed by atoms with Crippen molar-refractivity contribution in [1.82, 2.24) is 0 Å². The minimum atomic E-state index is 1.13. The van der Waals surface area contributed by atoms with Crippen LogP contribution in [0.2, 0.25) is 0 Å². The number of hydrogen-bond acceptors (Lipinski definition) is 2. The molecule has 6 heavy (non-hydrogen) atoms. The second-order valence-corrected chi connectivity index (χ2v) is 1.88. The van der Waals surface area contributed by atoms with E-state index in [0.29, 0.717) is 0 Å². The summed E-state index contributed by atoms with van der Waals surface area (Å²) >= 11 is 3.18. The topological polar surface area (TPSA) is 23.8 Å². The summed E-state index contributed by atoms with van der Waals surface area (Å²) < 4.78 is 1.80. The number of nitrogens with zero attached hydrogens (tertiary/aromatic N) is 1. The van der Waals surface area contributed by atoms with Crippen LogP contribution in [0, 0.1) is 10.7 Å². The van der Waals surface area contributed by atoms with Gasteiger partial charge in [-0.2, -0.15) is 5.26 Å². The molecule has 3 heteroatoms. The highest BCUT2D eigenvalue weighted by Gasteiger charge is 1.62. The molecule has 0 radical (unpaired) electrons. The Balaban J connectivity index is 2.92. The lowest BCUT2D eigenvalue weighted by atomic mass is 11.3. The molecule has 0 fully saturated rings. The Morgan fingerprint density at radius 2 is 2.50 bits per heavy atom. The minimum absolute atomic E-state index is 1.13. The summed E-state index contributed by atoms with van der Waals surface area (Å²) in [6, 6.07) is 0. The van der Waals surface area contributed by atoms with Crippen molar-refractivity contribution >= 4 is 34.4 Å². The zero-order valence-corrected chi connectivity index (χ0v) is 5.86. The minimum Gasteiger partial charge on any atom is -0.185 e. The summed E-state index contributed by atoms with van der Waals surface area (Å²) in [7, 11) is 0. The predicted molar refractivity (Wildman–Crippen MR) is 36.4 cm³/mol. The van der Waals surface area contributed by atoms with Gasteiger partial charge in [-0.3, -0.25) is 0 Å². The Morgan fingerprint density at radius 1 is 1.83 bits per heavy atom. The highest BCUT2D eigenvalue weighted by molar-refractivity contribution is 14.1. The lowest BCUT2D eigenvalue weighted by Gasteiger charge is -1.61. The van der Waals surface area contributed by atoms with E-state index in [-0.39, 0.29) is 0 Å². The van der Waals surface area contributed by atoms with Gasteiger partial charge in [0.1, 0.15) is 5.40 Å². The highest BCUT2D eigenvalue weighted by Crippen LogP contribution is 1.98. The van der Waals surface area contributed by atoms with Crippen LogP contribution in [0.5, 0.6) is 0 Å². The molecule has 0 saturated carbocycles. The molecule has 0 saturated heterocycles. The molecule has 0 bridgehead atoms. The van der Waals surface area contributed by atoms with Gasteiger partial charge in [-0.25, -0.2) is 0 Å². The molecule has 0 heterocycles. The smallest absolute Gasteiger partial charge is 0.137 e. The van der Waals surface area contributed by atoms with E-state index in [1.165, 1.54) is 0 Å². The number of rotatable bonds is 1. The van der Waals surface area contributed by atoms with Gasteiger partial charge in [0.15, 0.2) is 0 Å². The van der Waals surface area contributed by atoms with Crippen molar-refractivity contribution in [3.05, 3.63) is 9.49 Å². The van der Waals surface area contributed by atoms with Crippen LogP contribution >= 0.6 is 34.4 Å². The van der Waals surface area contributed by atoms with Crippen molar-refractivity contribution in [1.29, 1.82) is 5.26 Å². The number of thiocyanates is 1. The average Bonchev–Trinajstić information content (AvgIpc) is 1.61. The van der Waals surface area contributed by atoms with Gasteiger partial charge in [0.2, 0.25) is 0 Å². The molecule has 0 aliphatic heterocycles. The van der Waals surface area contributed by atoms with Crippen molar-refractivity contribution in [2.75, 3.05) is 0 Å². The maximum Gasteiger partial charge on any atom is 0.137 e. The first kappa shape index (κ1) is 6.31. The average molecular weight is 211 g/mol. The predicted octanol–water partition coefficient (Wildman–Crippen LogP) is 2.11. The van der Waals surface area contributed by atoms with Crippen LogP contribution in [0.15, 0.2) is 9.49 Å². The Morgan fingerprint density at radius 3 is 2.67 bits per heavy atom. The second-order valence-electron chi connectivity index (χ2n) is 0.471. The van der Waals surface area contributed by atoms with Gasteiger partial charge < -0.3 is 0 Å². The van der Waals surface area contributed by atoms with E-state index in [1.807, 2.05) is 5.40 Å². The van der Waals surface area contributed by atoms with Crippen LogP contribution in [-0.2, 0) is 0 Å². The normalized spacial score (nSPS) is 8.67. The highest BCUT2D eigenvalue weighted by atomic mass is 127. The standard InChI is InChI=1S/C3H2INS/c4-1-2-6-3-5/h1-2H/b2-1+. The van der Waals surface area contributed by atoms with Crippen LogP contribution in [0.25, 0.3) is 0 Å². The van der Waals surface area contributed by atoms with Crippen molar-refractivity contribution in [2.24, 2.45) is 0 Å². The molecule has 0 aromatic heterocycles. The van der Waals surface area contributed by atoms with Gasteiger partial charge in [-0.1, -0.05) is 22.6 Å². The molecule has 0 aliphatic carbocycles. The van der Waals surface area contributed by atoms with E-state index in [1.54, 1.807) is 9.49 Å². The first-order valence-electron chi connectivity index (χ1n) is 1.21. The quantitative estimate of drug-likeness (QED) is 0.489. The number of nitriles is 1. The maximum atomic E-state index is 7.86. The van der Waals surface area contributed by atoms with Gasteiger partial charge in [-0.05, 0) is 21.3 Å². The summed E-state index contributed by atoms with van der Waals surface area (Å²) in [6.07, 6.45) is 0. The molecule has 0 N–H and O–H groups in total. The third-order valence-corrected chi connectivity index (χ3v) is 1.40. The van der Waals surface area contributed by atoms with Gasteiger partial charge in [0.05, 0.1) is 0 Å². The zero-order valence-electron chi connectivity index (χ0n) is 2.89. The molecular weight excluding hydrogens is 209 g/mol. The second kappa shape index (κ2) is 5.31. The largest absolute Gasteiger partial charge is 0.185 e. The number of hydrogen-bond donors (Lipinski definition) is 0. The van der Waals surface area contributed by atoms with Crippen LogP contribution in [0.1, 0.15) is 0 Å². The molecule has 0 spiro atoms. The van der Waals surface area contributed by atoms with Crippen molar-refractivity contribution in [3.8, 4) is 5.40 Å². The van der Waals surface area contributed by atoms with Crippen LogP contribution in [0.4, 0.5) is 0 Å². The van der Waals surface area contributed by atoms with E-state index in [9.17, 15) is 0 Å². The van der Waals surface area contributed by atoms with Gasteiger partial charge >= 0.3 is 0 Å². The van der Waals surface area contributed by atoms with Gasteiger partial charge in [-0.15, -0.1) is 0 Å². The summed E-state index contributed by atoms with van der Waals surface area (Å²) in [5, 5.41) is 11.5. The maximum absolute atomic E-state index is 7.86. The molecule has 0 atom stereocenters. The van der Waals surface area contributed by atoms with Crippen molar-refractivity contribution < 1.29 is 0 Å². The Kier molecular flexibility index (Phi) is 5.58. The fraction of sp³-hybridized carbons (Fsp3) is 0. The molecule has 32 valence electrons. The lowest BCUT2D eigenvalue weighted by molar-refractivity contribution is 1.57. The number of thioether (sulfide) groups is 1. The summed E-state index contributed by atoms with van der Waals surface area (Å²) in [5.41, 5.74) is 0. The van der Waals surface area contributed by atoms with E-state index in [2.05, 4.69) is 22.6 Å². The number of halogens is 1. The first-order valence-corrected chi connectivity index (χ1v) is 3.34. The Hall–Kier alpha value is 0.310. The SMILES string of the molecule is N#CS/C=C/I. The van der Waals surface area contributed by atoms with E-state index in [0.717, 1.165) is 11.8 Å². The molecule has 0 amide bonds. The van der Waals surface area contributed by atoms with E-state index < -0.39 is 0 Å². The first-order chi connectivity index (χ1) is 2.91. The van der Waals surface area contributed by atoms with Gasteiger partial charge in [0, 0.05) is 0 Å². The fourth-order valence-electron chi connectivity index (χ4n) is 0.0561. The van der Waals surface area contributed by atoms with Crippen LogP contribution in [-0.4, -0.2) is 0 Å². The lowest BCUT2D eigenvalue weighted by Crippen LogP contribution is -1.31. The van der Waals surface area contributed by atoms with Crippen molar-refractivity contribution in [3.63, 3.8) is 0 Å². The molecule has 0 aliphatic rings. The third-order valence-electron chi connectivity index (χ3n) is 0.172. The zero-order chi connectivity index (χ0) is 4.83. The summed E-state index contributed by atoms with van der Waals surface area (Å²) in [5.74, 6) is 0. The monoisotopic (exact) mass is 211 g/mol. The Bertz CT molecular complexity index is 83.3. The van der Waals surface area contributed by atoms with E-state index >= 15 is 0 Å². The third kappa shape index (κ3) is 4.31. The van der Waals surface area contributed by atoms with Crippen LogP contribution < -0.4 is 0 Å². The molecule has 0 rings (SSSR count).